The topological polar surface area (TPSA) is 69.7 Å². The maximum absolute atomic E-state index is 13.8. The number of benzene rings is 1. The minimum atomic E-state index is -4.11. The minimum absolute atomic E-state index is 0.0514. The molecule has 1 aromatic rings. The lowest BCUT2D eigenvalue weighted by Gasteiger charge is -2.35. The van der Waals surface area contributed by atoms with Crippen molar-refractivity contribution >= 4 is 15.9 Å². The molecule has 1 aromatic carbocycles. The quantitative estimate of drug-likeness (QED) is 0.851. The van der Waals surface area contributed by atoms with Crippen molar-refractivity contribution in [3.63, 3.8) is 0 Å². The first-order chi connectivity index (χ1) is 11.9. The Kier molecular flexibility index (Phi) is 5.35. The van der Waals surface area contributed by atoms with Crippen molar-refractivity contribution in [1.29, 1.82) is 0 Å². The molecule has 1 amide bonds. The van der Waals surface area contributed by atoms with Gasteiger partial charge in [0.2, 0.25) is 15.9 Å². The van der Waals surface area contributed by atoms with Crippen molar-refractivity contribution in [1.82, 2.24) is 14.5 Å². The Hall–Kier alpha value is -1.58. The fourth-order valence-electron chi connectivity index (χ4n) is 3.30. The summed E-state index contributed by atoms with van der Waals surface area (Å²) in [4.78, 5) is 13.6. The Morgan fingerprint density at radius 2 is 1.72 bits per heavy atom. The molecule has 0 radical (unpaired) electrons. The Balaban J connectivity index is 1.67. The normalized spacial score (nSPS) is 20.6. The van der Waals surface area contributed by atoms with E-state index in [1.807, 2.05) is 0 Å². The standard InChI is InChI=1S/C16H21F2N3O3S/c17-13-1-2-14(18)15(11-13)25(23,24)21-7-3-12(4-8-21)16(22)20-9-5-19-6-10-20/h1-2,11-12,19H,3-10H2. The van der Waals surface area contributed by atoms with E-state index >= 15 is 0 Å². The summed E-state index contributed by atoms with van der Waals surface area (Å²) >= 11 is 0. The summed E-state index contributed by atoms with van der Waals surface area (Å²) in [7, 11) is -4.11. The molecule has 6 nitrogen and oxygen atoms in total. The van der Waals surface area contributed by atoms with Gasteiger partial charge < -0.3 is 10.2 Å². The lowest BCUT2D eigenvalue weighted by Crippen LogP contribution is -2.50. The fourth-order valence-corrected chi connectivity index (χ4v) is 4.85. The molecule has 2 heterocycles. The van der Waals surface area contributed by atoms with E-state index in [-0.39, 0.29) is 24.9 Å². The Labute approximate surface area is 145 Å². The first kappa shape index (κ1) is 18.2. The zero-order valence-corrected chi connectivity index (χ0v) is 14.6. The van der Waals surface area contributed by atoms with E-state index in [2.05, 4.69) is 5.32 Å². The van der Waals surface area contributed by atoms with Crippen LogP contribution in [0.5, 0.6) is 0 Å². The second-order valence-electron chi connectivity index (χ2n) is 6.33. The first-order valence-electron chi connectivity index (χ1n) is 8.34. The van der Waals surface area contributed by atoms with Crippen LogP contribution in [0.1, 0.15) is 12.8 Å². The van der Waals surface area contributed by atoms with E-state index in [4.69, 9.17) is 0 Å². The third-order valence-corrected chi connectivity index (χ3v) is 6.66. The summed E-state index contributed by atoms with van der Waals surface area (Å²) in [6, 6.07) is 2.39. The lowest BCUT2D eigenvalue weighted by molar-refractivity contribution is -0.137. The van der Waals surface area contributed by atoms with Gasteiger partial charge in [0.1, 0.15) is 16.5 Å². The average molecular weight is 373 g/mol. The van der Waals surface area contributed by atoms with Crippen molar-refractivity contribution in [3.8, 4) is 0 Å². The number of carbonyl (C=O) groups excluding carboxylic acids is 1. The van der Waals surface area contributed by atoms with E-state index < -0.39 is 26.6 Å². The number of nitrogens with one attached hydrogen (secondary N) is 1. The van der Waals surface area contributed by atoms with Crippen LogP contribution >= 0.6 is 0 Å². The maximum Gasteiger partial charge on any atom is 0.246 e. The highest BCUT2D eigenvalue weighted by Crippen LogP contribution is 2.27. The van der Waals surface area contributed by atoms with Gasteiger partial charge in [0, 0.05) is 45.2 Å². The smallest absolute Gasteiger partial charge is 0.246 e. The van der Waals surface area contributed by atoms with Gasteiger partial charge in [-0.3, -0.25) is 4.79 Å². The molecular weight excluding hydrogens is 352 g/mol. The van der Waals surface area contributed by atoms with Gasteiger partial charge in [-0.1, -0.05) is 0 Å². The summed E-state index contributed by atoms with van der Waals surface area (Å²) in [6.07, 6.45) is 0.776. The predicted molar refractivity (Wildman–Crippen MR) is 87.3 cm³/mol. The zero-order chi connectivity index (χ0) is 18.0. The molecule has 138 valence electrons. The van der Waals surface area contributed by atoms with Gasteiger partial charge in [-0.15, -0.1) is 0 Å². The van der Waals surface area contributed by atoms with Crippen molar-refractivity contribution in [3.05, 3.63) is 29.8 Å². The van der Waals surface area contributed by atoms with Crippen LogP contribution in [0, 0.1) is 17.6 Å². The SMILES string of the molecule is O=C(C1CCN(S(=O)(=O)c2cc(F)ccc2F)CC1)N1CCNCC1. The molecule has 0 aromatic heterocycles. The average Bonchev–Trinajstić information content (AvgIpc) is 2.64. The Morgan fingerprint density at radius 1 is 1.08 bits per heavy atom. The minimum Gasteiger partial charge on any atom is -0.340 e. The van der Waals surface area contributed by atoms with Crippen LogP contribution in [0.3, 0.4) is 0 Å². The number of sulfonamides is 1. The third-order valence-electron chi connectivity index (χ3n) is 4.74. The van der Waals surface area contributed by atoms with Gasteiger partial charge >= 0.3 is 0 Å². The number of piperazine rings is 1. The number of carbonyl (C=O) groups is 1. The summed E-state index contributed by atoms with van der Waals surface area (Å²) in [6.45, 7) is 3.09. The molecule has 2 aliphatic heterocycles. The number of piperidine rings is 1. The summed E-state index contributed by atoms with van der Waals surface area (Å²) in [5.41, 5.74) is 0. The number of amides is 1. The molecule has 0 aliphatic carbocycles. The number of rotatable bonds is 3. The number of hydrogen-bond donors (Lipinski definition) is 1. The summed E-state index contributed by atoms with van der Waals surface area (Å²) in [5.74, 6) is -1.94. The first-order valence-corrected chi connectivity index (χ1v) is 9.78. The number of hydrogen-bond acceptors (Lipinski definition) is 4. The van der Waals surface area contributed by atoms with E-state index in [1.165, 1.54) is 0 Å². The Bertz CT molecular complexity index is 743. The van der Waals surface area contributed by atoms with E-state index in [0.717, 1.165) is 29.5 Å². The molecule has 3 rings (SSSR count). The molecule has 2 saturated heterocycles. The molecular formula is C16H21F2N3O3S. The molecule has 0 spiro atoms. The molecule has 0 bridgehead atoms. The second-order valence-corrected chi connectivity index (χ2v) is 8.23. The molecule has 0 atom stereocenters. The van der Waals surface area contributed by atoms with Gasteiger partial charge in [0.15, 0.2) is 0 Å². The molecule has 0 saturated carbocycles. The van der Waals surface area contributed by atoms with Crippen molar-refractivity contribution in [2.24, 2.45) is 5.92 Å². The van der Waals surface area contributed by atoms with Gasteiger partial charge in [0.25, 0.3) is 0 Å². The molecule has 0 unspecified atom stereocenters. The predicted octanol–water partition coefficient (Wildman–Crippen LogP) is 0.797. The second kappa shape index (κ2) is 7.35. The lowest BCUT2D eigenvalue weighted by atomic mass is 9.96. The molecule has 2 aliphatic rings. The van der Waals surface area contributed by atoms with Crippen molar-refractivity contribution < 1.29 is 22.0 Å². The third kappa shape index (κ3) is 3.83. The van der Waals surface area contributed by atoms with Crippen LogP contribution in [0.25, 0.3) is 0 Å². The zero-order valence-electron chi connectivity index (χ0n) is 13.7. The van der Waals surface area contributed by atoms with Gasteiger partial charge in [-0.2, -0.15) is 4.31 Å². The van der Waals surface area contributed by atoms with Crippen LogP contribution in [0.15, 0.2) is 23.1 Å². The summed E-state index contributed by atoms with van der Waals surface area (Å²) < 4.78 is 53.4. The van der Waals surface area contributed by atoms with Crippen molar-refractivity contribution in [2.75, 3.05) is 39.3 Å². The van der Waals surface area contributed by atoms with Crippen LogP contribution in [0.4, 0.5) is 8.78 Å². The van der Waals surface area contributed by atoms with Gasteiger partial charge in [0.05, 0.1) is 0 Å². The molecule has 9 heteroatoms. The van der Waals surface area contributed by atoms with Crippen LogP contribution in [-0.4, -0.2) is 62.8 Å². The summed E-state index contributed by atoms with van der Waals surface area (Å²) in [5, 5.41) is 3.18. The van der Waals surface area contributed by atoms with E-state index in [9.17, 15) is 22.0 Å². The maximum atomic E-state index is 13.8. The van der Waals surface area contributed by atoms with Crippen LogP contribution in [0.2, 0.25) is 0 Å². The van der Waals surface area contributed by atoms with Crippen LogP contribution < -0.4 is 5.32 Å². The van der Waals surface area contributed by atoms with Crippen molar-refractivity contribution in [2.45, 2.75) is 17.7 Å². The van der Waals surface area contributed by atoms with E-state index in [0.29, 0.717) is 32.0 Å². The van der Waals surface area contributed by atoms with Crippen LogP contribution in [-0.2, 0) is 14.8 Å². The van der Waals surface area contributed by atoms with E-state index in [1.54, 1.807) is 4.90 Å². The van der Waals surface area contributed by atoms with Gasteiger partial charge in [-0.05, 0) is 31.0 Å². The highest BCUT2D eigenvalue weighted by molar-refractivity contribution is 7.89. The monoisotopic (exact) mass is 373 g/mol. The fraction of sp³-hybridized carbons (Fsp3) is 0.562. The van der Waals surface area contributed by atoms with Gasteiger partial charge in [-0.25, -0.2) is 17.2 Å². The molecule has 1 N–H and O–H groups in total. The molecule has 2 fully saturated rings. The highest BCUT2D eigenvalue weighted by atomic mass is 32.2. The number of nitrogens with zero attached hydrogens (tertiary/aromatic N) is 2. The highest BCUT2D eigenvalue weighted by Gasteiger charge is 2.35. The largest absolute Gasteiger partial charge is 0.340 e. The molecule has 25 heavy (non-hydrogen) atoms. The number of halogens is 2. The Morgan fingerprint density at radius 3 is 2.36 bits per heavy atom.